The third-order valence-corrected chi connectivity index (χ3v) is 6.02. The molecule has 0 aliphatic heterocycles. The fourth-order valence-corrected chi connectivity index (χ4v) is 4.56. The summed E-state index contributed by atoms with van der Waals surface area (Å²) in [4.78, 5) is 34.0. The van der Waals surface area contributed by atoms with E-state index >= 15 is 0 Å². The Kier molecular flexibility index (Phi) is 4.81. The Labute approximate surface area is 166 Å². The standard InChI is InChI=1S/C22H21N3O2S/c1-4-25-21(27)16-10-6-8-12-18(16)24-22(25)28-14(3)20(26)19-13(2)23-17-11-7-5-9-15(17)19/h5-12,14,23H,4H2,1-3H3/t14-/m1/s1. The minimum absolute atomic E-state index is 0.0324. The highest BCUT2D eigenvalue weighted by atomic mass is 32.2. The average Bonchev–Trinajstić information content (AvgIpc) is 3.03. The molecule has 0 bridgehead atoms. The highest BCUT2D eigenvalue weighted by Gasteiger charge is 2.24. The number of aromatic nitrogens is 3. The van der Waals surface area contributed by atoms with Gasteiger partial charge in [-0.25, -0.2) is 4.98 Å². The molecule has 2 heterocycles. The van der Waals surface area contributed by atoms with Crippen LogP contribution in [0.4, 0.5) is 0 Å². The van der Waals surface area contributed by atoms with Gasteiger partial charge in [-0.3, -0.25) is 14.2 Å². The molecule has 0 spiro atoms. The number of para-hydroxylation sites is 2. The Balaban J connectivity index is 1.74. The molecular weight excluding hydrogens is 370 g/mol. The molecule has 1 N–H and O–H groups in total. The Morgan fingerprint density at radius 2 is 1.82 bits per heavy atom. The minimum atomic E-state index is -0.372. The van der Waals surface area contributed by atoms with Crippen LogP contribution in [-0.4, -0.2) is 25.6 Å². The van der Waals surface area contributed by atoms with E-state index in [2.05, 4.69) is 9.97 Å². The second-order valence-corrected chi connectivity index (χ2v) is 8.06. The third-order valence-electron chi connectivity index (χ3n) is 4.93. The van der Waals surface area contributed by atoms with E-state index in [1.807, 2.05) is 63.2 Å². The van der Waals surface area contributed by atoms with Crippen molar-refractivity contribution < 1.29 is 4.79 Å². The van der Waals surface area contributed by atoms with E-state index in [0.29, 0.717) is 28.2 Å². The third kappa shape index (κ3) is 3.03. The fourth-order valence-electron chi connectivity index (χ4n) is 3.53. The van der Waals surface area contributed by atoms with Gasteiger partial charge in [0.15, 0.2) is 10.9 Å². The highest BCUT2D eigenvalue weighted by molar-refractivity contribution is 8.00. The molecule has 2 aromatic heterocycles. The van der Waals surface area contributed by atoms with Gasteiger partial charge in [0.05, 0.1) is 16.2 Å². The van der Waals surface area contributed by atoms with Crippen LogP contribution in [0.15, 0.2) is 58.5 Å². The Morgan fingerprint density at radius 1 is 1.14 bits per heavy atom. The van der Waals surface area contributed by atoms with Gasteiger partial charge >= 0.3 is 0 Å². The van der Waals surface area contributed by atoms with E-state index in [0.717, 1.165) is 16.6 Å². The van der Waals surface area contributed by atoms with E-state index in [1.54, 1.807) is 10.6 Å². The summed E-state index contributed by atoms with van der Waals surface area (Å²) in [6.45, 7) is 6.21. The Hall–Kier alpha value is -2.86. The van der Waals surface area contributed by atoms with Crippen LogP contribution in [0.2, 0.25) is 0 Å². The summed E-state index contributed by atoms with van der Waals surface area (Å²) in [7, 11) is 0. The summed E-state index contributed by atoms with van der Waals surface area (Å²) >= 11 is 1.34. The summed E-state index contributed by atoms with van der Waals surface area (Å²) in [6.07, 6.45) is 0. The van der Waals surface area contributed by atoms with Crippen LogP contribution in [0.5, 0.6) is 0 Å². The topological polar surface area (TPSA) is 67.8 Å². The zero-order valence-corrected chi connectivity index (χ0v) is 16.8. The van der Waals surface area contributed by atoms with Gasteiger partial charge in [-0.15, -0.1) is 0 Å². The van der Waals surface area contributed by atoms with Crippen molar-refractivity contribution in [2.75, 3.05) is 0 Å². The molecule has 0 saturated carbocycles. The molecule has 1 atom stereocenters. The molecule has 0 amide bonds. The number of benzene rings is 2. The Bertz CT molecular complexity index is 1260. The van der Waals surface area contributed by atoms with E-state index in [1.165, 1.54) is 11.8 Å². The maximum atomic E-state index is 13.2. The predicted octanol–water partition coefficient (Wildman–Crippen LogP) is 4.57. The van der Waals surface area contributed by atoms with Crippen LogP contribution >= 0.6 is 11.8 Å². The lowest BCUT2D eigenvalue weighted by Crippen LogP contribution is -2.24. The van der Waals surface area contributed by atoms with E-state index in [-0.39, 0.29) is 16.6 Å². The SMILES string of the molecule is CCn1c(S[C@H](C)C(=O)c2c(C)[nH]c3ccccc23)nc2ccccc2c1=O. The molecule has 6 heteroatoms. The number of Topliss-reactive ketones (excluding diaryl/α,β-unsaturated/α-hetero) is 1. The van der Waals surface area contributed by atoms with Crippen molar-refractivity contribution in [3.05, 3.63) is 70.1 Å². The molecule has 0 radical (unpaired) electrons. The maximum Gasteiger partial charge on any atom is 0.262 e. The molecule has 0 aliphatic rings. The van der Waals surface area contributed by atoms with E-state index < -0.39 is 0 Å². The lowest BCUT2D eigenvalue weighted by molar-refractivity contribution is 0.0995. The molecule has 0 saturated heterocycles. The summed E-state index contributed by atoms with van der Waals surface area (Å²) in [5.41, 5.74) is 3.11. The first-order chi connectivity index (χ1) is 13.5. The number of aryl methyl sites for hydroxylation is 1. The van der Waals surface area contributed by atoms with Gasteiger partial charge in [-0.05, 0) is 39.0 Å². The summed E-state index contributed by atoms with van der Waals surface area (Å²) < 4.78 is 1.64. The van der Waals surface area contributed by atoms with Gasteiger partial charge in [-0.1, -0.05) is 42.1 Å². The highest BCUT2D eigenvalue weighted by Crippen LogP contribution is 2.29. The van der Waals surface area contributed by atoms with Crippen molar-refractivity contribution in [1.82, 2.24) is 14.5 Å². The first-order valence-corrected chi connectivity index (χ1v) is 10.2. The predicted molar refractivity (Wildman–Crippen MR) is 114 cm³/mol. The number of nitrogens with one attached hydrogen (secondary N) is 1. The lowest BCUT2D eigenvalue weighted by Gasteiger charge is -2.15. The molecule has 4 rings (SSSR count). The van der Waals surface area contributed by atoms with Crippen molar-refractivity contribution in [1.29, 1.82) is 0 Å². The van der Waals surface area contributed by atoms with Crippen molar-refractivity contribution >= 4 is 39.4 Å². The Morgan fingerprint density at radius 3 is 2.57 bits per heavy atom. The van der Waals surface area contributed by atoms with Crippen LogP contribution in [0, 0.1) is 6.92 Å². The largest absolute Gasteiger partial charge is 0.358 e. The number of rotatable bonds is 5. The number of aromatic amines is 1. The molecule has 0 aliphatic carbocycles. The molecule has 5 nitrogen and oxygen atoms in total. The number of hydrogen-bond acceptors (Lipinski definition) is 4. The molecular formula is C22H21N3O2S. The van der Waals surface area contributed by atoms with Gasteiger partial charge in [0.25, 0.3) is 5.56 Å². The van der Waals surface area contributed by atoms with Gasteiger partial charge in [0, 0.05) is 28.7 Å². The van der Waals surface area contributed by atoms with Crippen molar-refractivity contribution in [3.63, 3.8) is 0 Å². The zero-order chi connectivity index (χ0) is 19.8. The van der Waals surface area contributed by atoms with Crippen molar-refractivity contribution in [3.8, 4) is 0 Å². The number of H-pyrrole nitrogens is 1. The lowest BCUT2D eigenvalue weighted by atomic mass is 10.1. The summed E-state index contributed by atoms with van der Waals surface area (Å²) in [5, 5.41) is 1.73. The number of hydrogen-bond donors (Lipinski definition) is 1. The molecule has 0 unspecified atom stereocenters. The maximum absolute atomic E-state index is 13.2. The second kappa shape index (κ2) is 7.28. The van der Waals surface area contributed by atoms with E-state index in [4.69, 9.17) is 0 Å². The molecule has 28 heavy (non-hydrogen) atoms. The van der Waals surface area contributed by atoms with Gasteiger partial charge in [0.2, 0.25) is 0 Å². The minimum Gasteiger partial charge on any atom is -0.358 e. The van der Waals surface area contributed by atoms with Crippen LogP contribution < -0.4 is 5.56 Å². The first kappa shape index (κ1) is 18.5. The average molecular weight is 391 g/mol. The van der Waals surface area contributed by atoms with E-state index in [9.17, 15) is 9.59 Å². The smallest absolute Gasteiger partial charge is 0.262 e. The normalized spacial score (nSPS) is 12.5. The summed E-state index contributed by atoms with van der Waals surface area (Å²) in [6, 6.07) is 15.1. The van der Waals surface area contributed by atoms with Crippen molar-refractivity contribution in [2.24, 2.45) is 0 Å². The molecule has 4 aromatic rings. The zero-order valence-electron chi connectivity index (χ0n) is 16.0. The number of carbonyl (C=O) groups excluding carboxylic acids is 1. The number of nitrogens with zero attached hydrogens (tertiary/aromatic N) is 2. The number of carbonyl (C=O) groups is 1. The van der Waals surface area contributed by atoms with Crippen LogP contribution in [0.1, 0.15) is 29.9 Å². The second-order valence-electron chi connectivity index (χ2n) is 6.76. The fraction of sp³-hybridized carbons (Fsp3) is 0.227. The number of fused-ring (bicyclic) bond motifs is 2. The first-order valence-electron chi connectivity index (χ1n) is 9.29. The molecule has 0 fully saturated rings. The number of thioether (sulfide) groups is 1. The molecule has 142 valence electrons. The summed E-state index contributed by atoms with van der Waals surface area (Å²) in [5.74, 6) is 0.0324. The van der Waals surface area contributed by atoms with Crippen molar-refractivity contribution in [2.45, 2.75) is 37.7 Å². The van der Waals surface area contributed by atoms with Gasteiger partial charge in [-0.2, -0.15) is 0 Å². The molecule has 2 aromatic carbocycles. The monoisotopic (exact) mass is 391 g/mol. The van der Waals surface area contributed by atoms with Crippen LogP contribution in [-0.2, 0) is 6.54 Å². The van der Waals surface area contributed by atoms with Crippen LogP contribution in [0.25, 0.3) is 21.8 Å². The van der Waals surface area contributed by atoms with Gasteiger partial charge < -0.3 is 4.98 Å². The quantitative estimate of drug-likeness (QED) is 0.307. The van der Waals surface area contributed by atoms with Crippen LogP contribution in [0.3, 0.4) is 0 Å². The van der Waals surface area contributed by atoms with Gasteiger partial charge in [0.1, 0.15) is 0 Å². The number of ketones is 1.